The molecular formula is C17H19F2NO. The molecule has 2 rings (SSSR count). The monoisotopic (exact) mass is 291 g/mol. The van der Waals surface area contributed by atoms with Crippen LogP contribution in [-0.2, 0) is 0 Å². The number of hydrogen-bond acceptors (Lipinski definition) is 2. The van der Waals surface area contributed by atoms with Gasteiger partial charge in [0.2, 0.25) is 0 Å². The minimum Gasteiger partial charge on any atom is -0.497 e. The fraction of sp³-hybridized carbons (Fsp3) is 0.294. The smallest absolute Gasteiger partial charge is 0.137 e. The van der Waals surface area contributed by atoms with Crippen molar-refractivity contribution in [1.82, 2.24) is 5.32 Å². The lowest BCUT2D eigenvalue weighted by Crippen LogP contribution is -2.17. The Hall–Kier alpha value is -1.94. The molecule has 0 aliphatic rings. The zero-order valence-corrected chi connectivity index (χ0v) is 12.4. The van der Waals surface area contributed by atoms with Crippen LogP contribution in [0.5, 0.6) is 5.75 Å². The van der Waals surface area contributed by atoms with Crippen LogP contribution in [-0.4, -0.2) is 13.7 Å². The molecule has 0 amide bonds. The summed E-state index contributed by atoms with van der Waals surface area (Å²) < 4.78 is 33.1. The maximum absolute atomic E-state index is 14.1. The molecule has 0 saturated carbocycles. The van der Waals surface area contributed by atoms with Crippen molar-refractivity contribution in [3.8, 4) is 16.9 Å². The van der Waals surface area contributed by atoms with E-state index in [-0.39, 0.29) is 17.4 Å². The van der Waals surface area contributed by atoms with E-state index in [1.54, 1.807) is 12.1 Å². The number of halogens is 2. The molecule has 1 atom stereocenters. The molecule has 2 nitrogen and oxygen atoms in total. The Labute approximate surface area is 123 Å². The number of ether oxygens (including phenoxy) is 1. The van der Waals surface area contributed by atoms with Crippen molar-refractivity contribution >= 4 is 0 Å². The summed E-state index contributed by atoms with van der Waals surface area (Å²) in [4.78, 5) is 0. The molecule has 21 heavy (non-hydrogen) atoms. The average molecular weight is 291 g/mol. The van der Waals surface area contributed by atoms with Gasteiger partial charge in [0.05, 0.1) is 12.7 Å². The van der Waals surface area contributed by atoms with Crippen LogP contribution in [0.3, 0.4) is 0 Å². The summed E-state index contributed by atoms with van der Waals surface area (Å²) in [6.45, 7) is 4.86. The maximum Gasteiger partial charge on any atom is 0.137 e. The van der Waals surface area contributed by atoms with E-state index in [9.17, 15) is 8.78 Å². The van der Waals surface area contributed by atoms with Gasteiger partial charge in [-0.25, -0.2) is 8.78 Å². The van der Waals surface area contributed by atoms with E-state index in [2.05, 4.69) is 5.32 Å². The van der Waals surface area contributed by atoms with Crippen LogP contribution in [0.2, 0.25) is 0 Å². The van der Waals surface area contributed by atoms with Crippen molar-refractivity contribution in [3.63, 3.8) is 0 Å². The van der Waals surface area contributed by atoms with Crippen LogP contribution >= 0.6 is 0 Å². The predicted octanol–water partition coefficient (Wildman–Crippen LogP) is 4.31. The Balaban J connectivity index is 2.45. The van der Waals surface area contributed by atoms with Gasteiger partial charge in [-0.2, -0.15) is 0 Å². The lowest BCUT2D eigenvalue weighted by molar-refractivity contribution is 0.407. The lowest BCUT2D eigenvalue weighted by Gasteiger charge is -2.15. The Morgan fingerprint density at radius 2 is 1.81 bits per heavy atom. The van der Waals surface area contributed by atoms with E-state index in [0.29, 0.717) is 5.56 Å². The van der Waals surface area contributed by atoms with Crippen molar-refractivity contribution in [1.29, 1.82) is 0 Å². The molecule has 0 bridgehead atoms. The zero-order chi connectivity index (χ0) is 15.4. The van der Waals surface area contributed by atoms with E-state index >= 15 is 0 Å². The summed E-state index contributed by atoms with van der Waals surface area (Å²) in [5, 5.41) is 3.28. The molecule has 2 aromatic rings. The molecule has 2 aromatic carbocycles. The second kappa shape index (κ2) is 6.68. The van der Waals surface area contributed by atoms with Gasteiger partial charge in [0.1, 0.15) is 17.4 Å². The van der Waals surface area contributed by atoms with Gasteiger partial charge in [-0.3, -0.25) is 0 Å². The third-order valence-electron chi connectivity index (χ3n) is 3.44. The van der Waals surface area contributed by atoms with Crippen molar-refractivity contribution in [3.05, 3.63) is 53.6 Å². The third kappa shape index (κ3) is 3.39. The average Bonchev–Trinajstić information content (AvgIpc) is 2.47. The summed E-state index contributed by atoms with van der Waals surface area (Å²) in [5.41, 5.74) is 1.49. The molecule has 0 aliphatic carbocycles. The highest BCUT2D eigenvalue weighted by Crippen LogP contribution is 2.31. The zero-order valence-electron chi connectivity index (χ0n) is 12.4. The van der Waals surface area contributed by atoms with Gasteiger partial charge in [0.15, 0.2) is 0 Å². The van der Waals surface area contributed by atoms with Crippen molar-refractivity contribution in [2.75, 3.05) is 13.7 Å². The van der Waals surface area contributed by atoms with E-state index in [4.69, 9.17) is 4.74 Å². The third-order valence-corrected chi connectivity index (χ3v) is 3.44. The number of nitrogens with one attached hydrogen (secondary N) is 1. The molecule has 0 saturated heterocycles. The van der Waals surface area contributed by atoms with E-state index in [0.717, 1.165) is 12.1 Å². The fourth-order valence-electron chi connectivity index (χ4n) is 2.33. The summed E-state index contributed by atoms with van der Waals surface area (Å²) in [6.07, 6.45) is 0. The Morgan fingerprint density at radius 3 is 2.38 bits per heavy atom. The number of hydrogen-bond donors (Lipinski definition) is 1. The normalized spacial score (nSPS) is 12.2. The van der Waals surface area contributed by atoms with Gasteiger partial charge in [0.25, 0.3) is 0 Å². The minimum atomic E-state index is -0.625. The SMILES string of the molecule is CCNC(C)c1cccc(-c2c(F)cc(OC)cc2F)c1. The topological polar surface area (TPSA) is 21.3 Å². The van der Waals surface area contributed by atoms with Crippen LogP contribution < -0.4 is 10.1 Å². The Bertz CT molecular complexity index is 605. The first-order valence-electron chi connectivity index (χ1n) is 6.93. The first kappa shape index (κ1) is 15.4. The molecule has 1 unspecified atom stereocenters. The molecule has 112 valence electrons. The number of methoxy groups -OCH3 is 1. The molecular weight excluding hydrogens is 272 g/mol. The van der Waals surface area contributed by atoms with Crippen LogP contribution in [0.25, 0.3) is 11.1 Å². The molecule has 0 radical (unpaired) electrons. The molecule has 0 heterocycles. The van der Waals surface area contributed by atoms with E-state index in [1.807, 2.05) is 26.0 Å². The van der Waals surface area contributed by atoms with Gasteiger partial charge >= 0.3 is 0 Å². The quantitative estimate of drug-likeness (QED) is 0.886. The molecule has 0 aromatic heterocycles. The summed E-state index contributed by atoms with van der Waals surface area (Å²) in [6, 6.07) is 9.77. The first-order chi connectivity index (χ1) is 10.1. The highest BCUT2D eigenvalue weighted by atomic mass is 19.1. The van der Waals surface area contributed by atoms with E-state index in [1.165, 1.54) is 19.2 Å². The van der Waals surface area contributed by atoms with Crippen LogP contribution in [0.4, 0.5) is 8.78 Å². The Morgan fingerprint density at radius 1 is 1.14 bits per heavy atom. The predicted molar refractivity (Wildman–Crippen MR) is 80.4 cm³/mol. The summed E-state index contributed by atoms with van der Waals surface area (Å²) in [5.74, 6) is -1.08. The summed E-state index contributed by atoms with van der Waals surface area (Å²) in [7, 11) is 1.38. The van der Waals surface area contributed by atoms with Crippen LogP contribution in [0.1, 0.15) is 25.5 Å². The molecule has 0 aliphatic heterocycles. The maximum atomic E-state index is 14.1. The molecule has 1 N–H and O–H groups in total. The standard InChI is InChI=1S/C17H19F2NO/c1-4-20-11(2)12-6-5-7-13(8-12)17-15(18)9-14(21-3)10-16(17)19/h5-11,20H,4H2,1-3H3. The van der Waals surface area contributed by atoms with Crippen LogP contribution in [0.15, 0.2) is 36.4 Å². The second-order valence-corrected chi connectivity index (χ2v) is 4.87. The molecule has 4 heteroatoms. The minimum absolute atomic E-state index is 0.0265. The van der Waals surface area contributed by atoms with Crippen LogP contribution in [0, 0.1) is 11.6 Å². The number of benzene rings is 2. The lowest BCUT2D eigenvalue weighted by atomic mass is 9.99. The largest absolute Gasteiger partial charge is 0.497 e. The van der Waals surface area contributed by atoms with Crippen molar-refractivity contribution < 1.29 is 13.5 Å². The number of rotatable bonds is 5. The first-order valence-corrected chi connectivity index (χ1v) is 6.93. The van der Waals surface area contributed by atoms with Crippen molar-refractivity contribution in [2.24, 2.45) is 0 Å². The van der Waals surface area contributed by atoms with Gasteiger partial charge in [-0.1, -0.05) is 25.1 Å². The molecule has 0 spiro atoms. The van der Waals surface area contributed by atoms with Gasteiger partial charge in [-0.05, 0) is 30.7 Å². The molecule has 0 fully saturated rings. The Kier molecular flexibility index (Phi) is 4.91. The van der Waals surface area contributed by atoms with Gasteiger partial charge in [-0.15, -0.1) is 0 Å². The van der Waals surface area contributed by atoms with Gasteiger partial charge < -0.3 is 10.1 Å². The highest BCUT2D eigenvalue weighted by Gasteiger charge is 2.15. The fourth-order valence-corrected chi connectivity index (χ4v) is 2.33. The van der Waals surface area contributed by atoms with E-state index < -0.39 is 11.6 Å². The van der Waals surface area contributed by atoms with Crippen molar-refractivity contribution in [2.45, 2.75) is 19.9 Å². The van der Waals surface area contributed by atoms with Gasteiger partial charge in [0, 0.05) is 18.2 Å². The highest BCUT2D eigenvalue weighted by molar-refractivity contribution is 5.66. The summed E-state index contributed by atoms with van der Waals surface area (Å²) >= 11 is 0. The second-order valence-electron chi connectivity index (χ2n) is 4.87.